The normalized spacial score (nSPS) is 11.4. The molecule has 0 saturated carbocycles. The van der Waals surface area contributed by atoms with Crippen molar-refractivity contribution in [1.29, 1.82) is 0 Å². The number of nitrogens with one attached hydrogen (secondary N) is 1. The van der Waals surface area contributed by atoms with Crippen LogP contribution in [0.25, 0.3) is 10.1 Å². The van der Waals surface area contributed by atoms with Crippen molar-refractivity contribution >= 4 is 39.0 Å². The van der Waals surface area contributed by atoms with E-state index in [1.165, 1.54) is 25.3 Å². The maximum absolute atomic E-state index is 12.3. The van der Waals surface area contributed by atoms with Crippen molar-refractivity contribution in [2.24, 2.45) is 0 Å². The molecule has 0 bridgehead atoms. The Kier molecular flexibility index (Phi) is 3.77. The average molecular weight is 319 g/mol. The van der Waals surface area contributed by atoms with Crippen molar-refractivity contribution in [3.63, 3.8) is 0 Å². The molecule has 9 heteroatoms. The molecule has 2 rings (SSSR count). The van der Waals surface area contributed by atoms with Crippen LogP contribution < -0.4 is 10.1 Å². The first-order valence-corrected chi connectivity index (χ1v) is 6.27. The SMILES string of the molecule is COc1ccc2c(NC(=O)C(F)(F)F)c(C(=O)O)sc2c1. The van der Waals surface area contributed by atoms with Gasteiger partial charge in [-0.1, -0.05) is 0 Å². The maximum Gasteiger partial charge on any atom is 0.471 e. The largest absolute Gasteiger partial charge is 0.497 e. The Morgan fingerprint density at radius 2 is 2.00 bits per heavy atom. The summed E-state index contributed by atoms with van der Waals surface area (Å²) in [6.07, 6.45) is -5.10. The van der Waals surface area contributed by atoms with E-state index in [2.05, 4.69) is 0 Å². The molecular formula is C12H8F3NO4S. The maximum atomic E-state index is 12.3. The molecule has 0 aliphatic rings. The zero-order valence-corrected chi connectivity index (χ0v) is 11.3. The number of methoxy groups -OCH3 is 1. The van der Waals surface area contributed by atoms with Gasteiger partial charge in [0.1, 0.15) is 10.6 Å². The Morgan fingerprint density at radius 3 is 2.52 bits per heavy atom. The minimum absolute atomic E-state index is 0.204. The lowest BCUT2D eigenvalue weighted by Crippen LogP contribution is -2.30. The number of fused-ring (bicyclic) bond motifs is 1. The molecule has 0 radical (unpaired) electrons. The molecule has 2 N–H and O–H groups in total. The van der Waals surface area contributed by atoms with Gasteiger partial charge in [-0.2, -0.15) is 13.2 Å². The van der Waals surface area contributed by atoms with Crippen molar-refractivity contribution in [1.82, 2.24) is 0 Å². The zero-order chi connectivity index (χ0) is 15.8. The van der Waals surface area contributed by atoms with Crippen LogP contribution in [0.4, 0.5) is 18.9 Å². The van der Waals surface area contributed by atoms with E-state index in [-0.39, 0.29) is 16.0 Å². The molecule has 1 aromatic heterocycles. The smallest absolute Gasteiger partial charge is 0.471 e. The molecule has 0 spiro atoms. The third-order valence-electron chi connectivity index (χ3n) is 2.59. The summed E-state index contributed by atoms with van der Waals surface area (Å²) in [5.41, 5.74) is -0.368. The van der Waals surface area contributed by atoms with Gasteiger partial charge in [-0.25, -0.2) is 4.79 Å². The summed E-state index contributed by atoms with van der Waals surface area (Å²) in [6, 6.07) is 4.34. The van der Waals surface area contributed by atoms with Crippen LogP contribution in [0.15, 0.2) is 18.2 Å². The van der Waals surface area contributed by atoms with Gasteiger partial charge in [0.25, 0.3) is 0 Å². The number of alkyl halides is 3. The van der Waals surface area contributed by atoms with Crippen LogP contribution in [0.2, 0.25) is 0 Å². The van der Waals surface area contributed by atoms with Crippen molar-refractivity contribution < 1.29 is 32.6 Å². The lowest BCUT2D eigenvalue weighted by Gasteiger charge is -2.08. The first-order valence-electron chi connectivity index (χ1n) is 5.46. The van der Waals surface area contributed by atoms with Gasteiger partial charge >= 0.3 is 18.1 Å². The predicted octanol–water partition coefficient (Wildman–Crippen LogP) is 3.11. The van der Waals surface area contributed by atoms with Crippen LogP contribution in [0.1, 0.15) is 9.67 Å². The topological polar surface area (TPSA) is 75.6 Å². The highest BCUT2D eigenvalue weighted by molar-refractivity contribution is 7.21. The summed E-state index contributed by atoms with van der Waals surface area (Å²) in [5, 5.41) is 10.9. The minimum Gasteiger partial charge on any atom is -0.497 e. The molecule has 0 aliphatic heterocycles. The summed E-state index contributed by atoms with van der Waals surface area (Å²) in [4.78, 5) is 21.8. The van der Waals surface area contributed by atoms with Gasteiger partial charge in [-0.05, 0) is 18.2 Å². The van der Waals surface area contributed by atoms with Crippen LogP contribution in [0.3, 0.4) is 0 Å². The van der Waals surface area contributed by atoms with Crippen molar-refractivity contribution in [2.75, 3.05) is 12.4 Å². The quantitative estimate of drug-likeness (QED) is 0.911. The average Bonchev–Trinajstić information content (AvgIpc) is 2.75. The van der Waals surface area contributed by atoms with Crippen molar-refractivity contribution in [3.05, 3.63) is 23.1 Å². The Labute approximate surface area is 119 Å². The molecule has 0 aliphatic carbocycles. The number of aromatic carboxylic acids is 1. The summed E-state index contributed by atoms with van der Waals surface area (Å²) in [6.45, 7) is 0. The highest BCUT2D eigenvalue weighted by atomic mass is 32.1. The van der Waals surface area contributed by atoms with Gasteiger partial charge in [0.15, 0.2) is 0 Å². The fourth-order valence-corrected chi connectivity index (χ4v) is 2.69. The molecule has 21 heavy (non-hydrogen) atoms. The first-order chi connectivity index (χ1) is 9.74. The molecular weight excluding hydrogens is 311 g/mol. The summed E-state index contributed by atoms with van der Waals surface area (Å²) < 4.78 is 42.3. The molecule has 1 heterocycles. The second-order valence-corrected chi connectivity index (χ2v) is 4.98. The molecule has 0 unspecified atom stereocenters. The number of hydrogen-bond acceptors (Lipinski definition) is 4. The number of carboxylic acids is 1. The molecule has 5 nitrogen and oxygen atoms in total. The predicted molar refractivity (Wildman–Crippen MR) is 70.0 cm³/mol. The fourth-order valence-electron chi connectivity index (χ4n) is 1.66. The highest BCUT2D eigenvalue weighted by Crippen LogP contribution is 2.38. The first kappa shape index (κ1) is 15.1. The number of carbonyl (C=O) groups is 2. The van der Waals surface area contributed by atoms with Crippen molar-refractivity contribution in [3.8, 4) is 5.75 Å². The molecule has 0 atom stereocenters. The van der Waals surface area contributed by atoms with Gasteiger partial charge in [0, 0.05) is 10.1 Å². The second kappa shape index (κ2) is 5.24. The van der Waals surface area contributed by atoms with Crippen molar-refractivity contribution in [2.45, 2.75) is 6.18 Å². The summed E-state index contributed by atoms with van der Waals surface area (Å²) in [5.74, 6) is -3.22. The zero-order valence-electron chi connectivity index (χ0n) is 10.4. The third kappa shape index (κ3) is 2.92. The lowest BCUT2D eigenvalue weighted by atomic mass is 10.2. The minimum atomic E-state index is -5.10. The van der Waals surface area contributed by atoms with Crippen LogP contribution >= 0.6 is 11.3 Å². The number of anilines is 1. The molecule has 1 amide bonds. The van der Waals surface area contributed by atoms with Gasteiger partial charge in [0.05, 0.1) is 12.8 Å². The summed E-state index contributed by atoms with van der Waals surface area (Å²) in [7, 11) is 1.40. The van der Waals surface area contributed by atoms with Gasteiger partial charge in [0.2, 0.25) is 0 Å². The monoisotopic (exact) mass is 319 g/mol. The molecule has 112 valence electrons. The van der Waals surface area contributed by atoms with Gasteiger partial charge < -0.3 is 15.2 Å². The number of carboxylic acid groups (broad SMARTS) is 1. The molecule has 2 aromatic rings. The Hall–Kier alpha value is -2.29. The van der Waals surface area contributed by atoms with Crippen LogP contribution in [0, 0.1) is 0 Å². The van der Waals surface area contributed by atoms with Crippen LogP contribution in [-0.2, 0) is 4.79 Å². The van der Waals surface area contributed by atoms with Crippen LogP contribution in [0.5, 0.6) is 5.75 Å². The fraction of sp³-hybridized carbons (Fsp3) is 0.167. The summed E-state index contributed by atoms with van der Waals surface area (Å²) >= 11 is 0.753. The number of halogens is 3. The number of ether oxygens (including phenoxy) is 1. The van der Waals surface area contributed by atoms with Gasteiger partial charge in [-0.3, -0.25) is 4.79 Å². The number of hydrogen-bond donors (Lipinski definition) is 2. The van der Waals surface area contributed by atoms with E-state index in [9.17, 15) is 22.8 Å². The molecule has 0 fully saturated rings. The van der Waals surface area contributed by atoms with E-state index in [0.717, 1.165) is 11.3 Å². The number of amides is 1. The van der Waals surface area contributed by atoms with E-state index < -0.39 is 18.1 Å². The lowest BCUT2D eigenvalue weighted by molar-refractivity contribution is -0.167. The Morgan fingerprint density at radius 1 is 1.33 bits per heavy atom. The van der Waals surface area contributed by atoms with Gasteiger partial charge in [-0.15, -0.1) is 11.3 Å². The Bertz CT molecular complexity index is 723. The number of thiophene rings is 1. The molecule has 0 saturated heterocycles. The standard InChI is InChI=1S/C12H8F3NO4S/c1-20-5-2-3-6-7(4-5)21-9(10(17)18)8(6)16-11(19)12(13,14)15/h2-4H,1H3,(H,16,19)(H,17,18). The molecule has 1 aromatic carbocycles. The number of carbonyl (C=O) groups excluding carboxylic acids is 1. The second-order valence-electron chi connectivity index (χ2n) is 3.93. The van der Waals surface area contributed by atoms with E-state index in [1.807, 2.05) is 0 Å². The Balaban J connectivity index is 2.57. The van der Waals surface area contributed by atoms with E-state index >= 15 is 0 Å². The van der Waals surface area contributed by atoms with Crippen LogP contribution in [-0.4, -0.2) is 30.3 Å². The third-order valence-corrected chi connectivity index (χ3v) is 3.73. The van der Waals surface area contributed by atoms with E-state index in [1.54, 1.807) is 5.32 Å². The number of rotatable bonds is 3. The number of benzene rings is 1. The van der Waals surface area contributed by atoms with E-state index in [4.69, 9.17) is 9.84 Å². The highest BCUT2D eigenvalue weighted by Gasteiger charge is 2.39. The van der Waals surface area contributed by atoms with E-state index in [0.29, 0.717) is 10.4 Å².